The number of aliphatic hydroxyl groups is 1. The van der Waals surface area contributed by atoms with Crippen molar-refractivity contribution in [2.45, 2.75) is 44.2 Å². The van der Waals surface area contributed by atoms with Crippen molar-refractivity contribution < 1.29 is 9.90 Å². The van der Waals surface area contributed by atoms with Crippen LogP contribution in [0.1, 0.15) is 31.2 Å². The van der Waals surface area contributed by atoms with E-state index in [4.69, 9.17) is 0 Å². The van der Waals surface area contributed by atoms with Crippen LogP contribution in [0.3, 0.4) is 0 Å². The summed E-state index contributed by atoms with van der Waals surface area (Å²) in [5.74, 6) is 0.907. The lowest BCUT2D eigenvalue weighted by atomic mass is 9.90. The number of aryl methyl sites for hydroxylation is 1. The largest absolute Gasteiger partial charge is 0.392 e. The summed E-state index contributed by atoms with van der Waals surface area (Å²) in [6.07, 6.45) is 4.76. The van der Waals surface area contributed by atoms with Gasteiger partial charge >= 0.3 is 0 Å². The predicted octanol–water partition coefficient (Wildman–Crippen LogP) is 1.58. The van der Waals surface area contributed by atoms with Crippen molar-refractivity contribution in [3.8, 4) is 0 Å². The van der Waals surface area contributed by atoms with Crippen LogP contribution >= 0.6 is 0 Å². The number of rotatable bonds is 4. The van der Waals surface area contributed by atoms with E-state index < -0.39 is 0 Å². The Bertz CT molecular complexity index is 483. The van der Waals surface area contributed by atoms with Crippen LogP contribution in [0.4, 0.5) is 0 Å². The average molecular weight is 302 g/mol. The smallest absolute Gasteiger partial charge is 0.239 e. The molecule has 1 aromatic carbocycles. The van der Waals surface area contributed by atoms with Crippen molar-refractivity contribution in [3.05, 3.63) is 35.9 Å². The van der Waals surface area contributed by atoms with E-state index in [2.05, 4.69) is 35.6 Å². The van der Waals surface area contributed by atoms with Crippen LogP contribution in [0.15, 0.2) is 30.3 Å². The number of hydrogen-bond donors (Lipinski definition) is 2. The van der Waals surface area contributed by atoms with E-state index in [9.17, 15) is 9.90 Å². The van der Waals surface area contributed by atoms with Crippen LogP contribution in [0.2, 0.25) is 0 Å². The summed E-state index contributed by atoms with van der Waals surface area (Å²) in [4.78, 5) is 14.4. The van der Waals surface area contributed by atoms with Gasteiger partial charge in [0.25, 0.3) is 0 Å². The first-order chi connectivity index (χ1) is 10.7. The second kappa shape index (κ2) is 7.25. The lowest BCUT2D eigenvalue weighted by molar-refractivity contribution is -0.134. The maximum atomic E-state index is 12.4. The zero-order valence-corrected chi connectivity index (χ0v) is 13.1. The van der Waals surface area contributed by atoms with E-state index in [1.165, 1.54) is 12.0 Å². The van der Waals surface area contributed by atoms with E-state index in [1.54, 1.807) is 0 Å². The van der Waals surface area contributed by atoms with Crippen LogP contribution in [0.25, 0.3) is 0 Å². The molecule has 4 nitrogen and oxygen atoms in total. The minimum atomic E-state index is -0.364. The molecule has 0 unspecified atom stereocenters. The molecule has 120 valence electrons. The summed E-state index contributed by atoms with van der Waals surface area (Å²) in [5, 5.41) is 12.7. The maximum absolute atomic E-state index is 12.4. The number of nitrogens with one attached hydrogen (secondary N) is 1. The lowest BCUT2D eigenvalue weighted by Crippen LogP contribution is -2.47. The molecule has 2 heterocycles. The highest BCUT2D eigenvalue weighted by molar-refractivity contribution is 5.82. The van der Waals surface area contributed by atoms with Gasteiger partial charge in [-0.1, -0.05) is 30.3 Å². The van der Waals surface area contributed by atoms with Gasteiger partial charge < -0.3 is 15.3 Å². The quantitative estimate of drug-likeness (QED) is 0.888. The summed E-state index contributed by atoms with van der Waals surface area (Å²) in [6.45, 7) is 2.28. The molecule has 22 heavy (non-hydrogen) atoms. The van der Waals surface area contributed by atoms with Gasteiger partial charge in [-0.3, -0.25) is 4.79 Å². The third-order valence-corrected chi connectivity index (χ3v) is 5.02. The van der Waals surface area contributed by atoms with Crippen molar-refractivity contribution in [2.75, 3.05) is 19.6 Å². The van der Waals surface area contributed by atoms with Gasteiger partial charge in [0.05, 0.1) is 12.1 Å². The normalized spacial score (nSPS) is 26.3. The molecule has 0 radical (unpaired) electrons. The molecule has 2 fully saturated rings. The first-order valence-electron chi connectivity index (χ1n) is 8.46. The maximum Gasteiger partial charge on any atom is 0.239 e. The summed E-state index contributed by atoms with van der Waals surface area (Å²) in [5.41, 5.74) is 1.41. The van der Waals surface area contributed by atoms with Crippen LogP contribution in [-0.2, 0) is 11.2 Å². The fourth-order valence-corrected chi connectivity index (χ4v) is 3.58. The fraction of sp³-hybridized carbons (Fsp3) is 0.611. The Hall–Kier alpha value is -1.39. The summed E-state index contributed by atoms with van der Waals surface area (Å²) >= 11 is 0. The molecule has 1 amide bonds. The number of aliphatic hydroxyl groups excluding tert-OH is 1. The molecule has 2 aliphatic heterocycles. The molecule has 3 rings (SSSR count). The Morgan fingerprint density at radius 2 is 1.95 bits per heavy atom. The van der Waals surface area contributed by atoms with Crippen molar-refractivity contribution in [1.29, 1.82) is 0 Å². The van der Waals surface area contributed by atoms with E-state index in [0.29, 0.717) is 13.0 Å². The number of hydrogen-bond acceptors (Lipinski definition) is 3. The Morgan fingerprint density at radius 3 is 2.59 bits per heavy atom. The molecule has 0 aliphatic carbocycles. The van der Waals surface area contributed by atoms with E-state index >= 15 is 0 Å². The number of carbonyl (C=O) groups excluding carboxylic acids is 1. The number of amides is 1. The molecule has 2 aliphatic rings. The van der Waals surface area contributed by atoms with Gasteiger partial charge in [0.15, 0.2) is 0 Å². The Kier molecular flexibility index (Phi) is 5.11. The van der Waals surface area contributed by atoms with Gasteiger partial charge in [0, 0.05) is 19.6 Å². The second-order valence-electron chi connectivity index (χ2n) is 6.64. The topological polar surface area (TPSA) is 52.6 Å². The first-order valence-corrected chi connectivity index (χ1v) is 8.46. The van der Waals surface area contributed by atoms with Gasteiger partial charge in [-0.25, -0.2) is 0 Å². The standard InChI is InChI=1S/C18H26N2O2/c21-16-12-17(19-13-16)18(22)20-10-8-15(9-11-20)7-6-14-4-2-1-3-5-14/h1-5,15-17,19,21H,6-13H2/t16-,17-/m0/s1. The molecule has 2 saturated heterocycles. The number of nitrogens with zero attached hydrogens (tertiary/aromatic N) is 1. The molecular formula is C18H26N2O2. The van der Waals surface area contributed by atoms with Crippen molar-refractivity contribution >= 4 is 5.91 Å². The van der Waals surface area contributed by atoms with E-state index in [1.807, 2.05) is 4.90 Å². The zero-order valence-electron chi connectivity index (χ0n) is 13.1. The minimum absolute atomic E-state index is 0.170. The molecule has 2 atom stereocenters. The van der Waals surface area contributed by atoms with Gasteiger partial charge in [-0.2, -0.15) is 0 Å². The third-order valence-electron chi connectivity index (χ3n) is 5.02. The monoisotopic (exact) mass is 302 g/mol. The Balaban J connectivity index is 1.41. The Morgan fingerprint density at radius 1 is 1.23 bits per heavy atom. The molecule has 0 spiro atoms. The van der Waals surface area contributed by atoms with Crippen molar-refractivity contribution in [1.82, 2.24) is 10.2 Å². The minimum Gasteiger partial charge on any atom is -0.392 e. The number of β-amino-alcohol motifs (C(OH)–C–C–N with tert-alkyl or cyclic N) is 1. The molecule has 1 aromatic rings. The highest BCUT2D eigenvalue weighted by atomic mass is 16.3. The first kappa shape index (κ1) is 15.5. The van der Waals surface area contributed by atoms with E-state index in [0.717, 1.165) is 38.3 Å². The van der Waals surface area contributed by atoms with Gasteiger partial charge in [0.1, 0.15) is 0 Å². The summed E-state index contributed by atoms with van der Waals surface area (Å²) in [6, 6.07) is 10.5. The van der Waals surface area contributed by atoms with E-state index in [-0.39, 0.29) is 18.1 Å². The molecule has 0 bridgehead atoms. The number of piperidine rings is 1. The van der Waals surface area contributed by atoms with Crippen molar-refractivity contribution in [2.24, 2.45) is 5.92 Å². The van der Waals surface area contributed by atoms with Crippen molar-refractivity contribution in [3.63, 3.8) is 0 Å². The SMILES string of the molecule is O=C([C@@H]1C[C@H](O)CN1)N1CCC(CCc2ccccc2)CC1. The highest BCUT2D eigenvalue weighted by Gasteiger charge is 2.32. The number of likely N-dealkylation sites (tertiary alicyclic amines) is 1. The molecule has 0 saturated carbocycles. The van der Waals surface area contributed by atoms with Crippen LogP contribution in [0.5, 0.6) is 0 Å². The number of benzene rings is 1. The van der Waals surface area contributed by atoms with Crippen LogP contribution < -0.4 is 5.32 Å². The molecule has 0 aromatic heterocycles. The molecule has 4 heteroatoms. The van der Waals surface area contributed by atoms with Gasteiger partial charge in [-0.15, -0.1) is 0 Å². The average Bonchev–Trinajstić information content (AvgIpc) is 3.00. The Labute approximate surface area is 132 Å². The lowest BCUT2D eigenvalue weighted by Gasteiger charge is -2.33. The van der Waals surface area contributed by atoms with Crippen LogP contribution in [0, 0.1) is 5.92 Å². The summed E-state index contributed by atoms with van der Waals surface area (Å²) < 4.78 is 0. The van der Waals surface area contributed by atoms with Crippen LogP contribution in [-0.4, -0.2) is 47.7 Å². The predicted molar refractivity (Wildman–Crippen MR) is 86.5 cm³/mol. The highest BCUT2D eigenvalue weighted by Crippen LogP contribution is 2.23. The third kappa shape index (κ3) is 3.87. The number of carbonyl (C=O) groups is 1. The molecule has 2 N–H and O–H groups in total. The molecular weight excluding hydrogens is 276 g/mol. The van der Waals surface area contributed by atoms with Gasteiger partial charge in [-0.05, 0) is 43.6 Å². The second-order valence-corrected chi connectivity index (χ2v) is 6.64. The zero-order chi connectivity index (χ0) is 15.4. The van der Waals surface area contributed by atoms with Gasteiger partial charge in [0.2, 0.25) is 5.91 Å². The fourth-order valence-electron chi connectivity index (χ4n) is 3.58. The summed E-state index contributed by atoms with van der Waals surface area (Å²) in [7, 11) is 0.